The van der Waals surface area contributed by atoms with Gasteiger partial charge in [0.15, 0.2) is 0 Å². The van der Waals surface area contributed by atoms with Crippen molar-refractivity contribution in [3.8, 4) is 11.5 Å². The number of benzene rings is 1. The van der Waals surface area contributed by atoms with Crippen LogP contribution in [0.2, 0.25) is 0 Å². The molecule has 5 atom stereocenters. The van der Waals surface area contributed by atoms with E-state index in [0.717, 1.165) is 35.0 Å². The Labute approximate surface area is 339 Å². The van der Waals surface area contributed by atoms with Crippen LogP contribution in [-0.4, -0.2) is 104 Å². The van der Waals surface area contributed by atoms with Gasteiger partial charge < -0.3 is 34.5 Å². The number of alkyl carbamates (subject to hydrolysis) is 1. The van der Waals surface area contributed by atoms with E-state index >= 15 is 0 Å². The van der Waals surface area contributed by atoms with Crippen LogP contribution in [0.1, 0.15) is 102 Å². The van der Waals surface area contributed by atoms with Gasteiger partial charge in [0, 0.05) is 29.2 Å². The Morgan fingerprint density at radius 1 is 1.10 bits per heavy atom. The van der Waals surface area contributed by atoms with Gasteiger partial charge >= 0.3 is 6.09 Å². The van der Waals surface area contributed by atoms with Crippen molar-refractivity contribution in [1.29, 1.82) is 0 Å². The number of methoxy groups -OCH3 is 1. The van der Waals surface area contributed by atoms with Gasteiger partial charge in [0.25, 0.3) is 5.91 Å². The maximum Gasteiger partial charge on any atom is 0.407 e. The van der Waals surface area contributed by atoms with E-state index in [1.165, 1.54) is 4.90 Å². The summed E-state index contributed by atoms with van der Waals surface area (Å²) in [5.74, 6) is -0.861. The van der Waals surface area contributed by atoms with Crippen LogP contribution in [0.15, 0.2) is 30.4 Å². The number of aryl methyl sites for hydroxylation is 1. The molecule has 8 rings (SSSR count). The zero-order valence-corrected chi connectivity index (χ0v) is 34.6. The maximum atomic E-state index is 14.9. The summed E-state index contributed by atoms with van der Waals surface area (Å²) in [6.07, 6.45) is 8.60. The highest BCUT2D eigenvalue weighted by molar-refractivity contribution is 7.91. The number of nitrogens with one attached hydrogen (secondary N) is 3. The highest BCUT2D eigenvalue weighted by Gasteiger charge is 2.64. The number of rotatable bonds is 8. The molecule has 4 amide bonds. The predicted molar refractivity (Wildman–Crippen MR) is 213 cm³/mol. The number of amides is 4. The zero-order chi connectivity index (χ0) is 41.0. The second-order valence-corrected chi connectivity index (χ2v) is 19.9. The van der Waals surface area contributed by atoms with E-state index in [0.29, 0.717) is 69.7 Å². The van der Waals surface area contributed by atoms with Gasteiger partial charge in [-0.25, -0.2) is 18.2 Å². The quantitative estimate of drug-likeness (QED) is 0.324. The highest BCUT2D eigenvalue weighted by atomic mass is 32.2. The molecule has 1 aromatic heterocycles. The number of pyridine rings is 1. The van der Waals surface area contributed by atoms with E-state index in [-0.39, 0.29) is 37.8 Å². The maximum absolute atomic E-state index is 14.9. The topological polar surface area (TPSA) is 192 Å². The van der Waals surface area contributed by atoms with E-state index in [9.17, 15) is 27.6 Å². The van der Waals surface area contributed by atoms with Crippen LogP contribution in [0.25, 0.3) is 10.9 Å². The molecule has 16 heteroatoms. The molecular weight excluding hydrogens is 767 g/mol. The average Bonchev–Trinajstić information content (AvgIpc) is 4.06. The Morgan fingerprint density at radius 2 is 1.90 bits per heavy atom. The third kappa shape index (κ3) is 7.62. The molecule has 2 aromatic rings. The second-order valence-electron chi connectivity index (χ2n) is 17.7. The smallest absolute Gasteiger partial charge is 0.407 e. The minimum atomic E-state index is -4.00. The molecule has 1 spiro atoms. The first-order chi connectivity index (χ1) is 27.7. The Balaban J connectivity index is 1.14. The molecule has 2 saturated heterocycles. The lowest BCUT2D eigenvalue weighted by Gasteiger charge is -2.37. The SMILES string of the molecule is COc1ccc2nc(C(C)C)c3c(c2c1)CC[C@]1(C[C@H]2C(=O)N[C@]4(C(=O)NS(=O)(=O)C5(C)CC5)CC4/C=C\CCCCC[C@H](NC(=O)OCC4COC4)C(=O)N2C1)O3. The Kier molecular flexibility index (Phi) is 10.6. The van der Waals surface area contributed by atoms with Gasteiger partial charge in [-0.2, -0.15) is 0 Å². The number of allylic oxidation sites excluding steroid dienone is 1. The van der Waals surface area contributed by atoms with Crippen LogP contribution < -0.4 is 24.8 Å². The van der Waals surface area contributed by atoms with Gasteiger partial charge in [0.2, 0.25) is 21.8 Å². The van der Waals surface area contributed by atoms with Crippen LogP contribution in [0.3, 0.4) is 0 Å². The first kappa shape index (κ1) is 40.3. The van der Waals surface area contributed by atoms with E-state index in [1.54, 1.807) is 14.0 Å². The Hall–Kier alpha value is -4.44. The molecule has 2 aliphatic carbocycles. The van der Waals surface area contributed by atoms with Crippen LogP contribution in [0, 0.1) is 11.8 Å². The zero-order valence-electron chi connectivity index (χ0n) is 33.8. The number of sulfonamides is 1. The van der Waals surface area contributed by atoms with E-state index in [2.05, 4.69) is 15.4 Å². The normalized spacial score (nSPS) is 30.0. The minimum absolute atomic E-state index is 0.00862. The van der Waals surface area contributed by atoms with Crippen molar-refractivity contribution in [2.45, 2.75) is 125 Å². The van der Waals surface area contributed by atoms with Crippen LogP contribution in [0.5, 0.6) is 11.5 Å². The molecule has 1 unspecified atom stereocenters. The molecule has 1 aromatic carbocycles. The average molecular weight is 822 g/mol. The van der Waals surface area contributed by atoms with Crippen molar-refractivity contribution < 1.29 is 46.5 Å². The number of aromatic nitrogens is 1. The van der Waals surface area contributed by atoms with Gasteiger partial charge in [-0.3, -0.25) is 19.1 Å². The number of carbonyl (C=O) groups excluding carboxylic acids is 4. The summed E-state index contributed by atoms with van der Waals surface area (Å²) >= 11 is 0. The summed E-state index contributed by atoms with van der Waals surface area (Å²) in [6, 6.07) is 3.66. The van der Waals surface area contributed by atoms with E-state index in [1.807, 2.05) is 44.2 Å². The monoisotopic (exact) mass is 821 g/mol. The Morgan fingerprint density at radius 3 is 2.60 bits per heavy atom. The number of fused-ring (bicyclic) bond motifs is 5. The van der Waals surface area contributed by atoms with Gasteiger partial charge in [0.1, 0.15) is 41.3 Å². The number of hydrogen-bond donors (Lipinski definition) is 3. The fourth-order valence-corrected chi connectivity index (χ4v) is 10.1. The highest BCUT2D eigenvalue weighted by Crippen LogP contribution is 2.49. The summed E-state index contributed by atoms with van der Waals surface area (Å²) in [5, 5.41) is 6.68. The first-order valence-corrected chi connectivity index (χ1v) is 22.2. The van der Waals surface area contributed by atoms with Crippen molar-refractivity contribution in [1.82, 2.24) is 25.2 Å². The number of hydrogen-bond acceptors (Lipinski definition) is 11. The van der Waals surface area contributed by atoms with E-state index in [4.69, 9.17) is 23.9 Å². The van der Waals surface area contributed by atoms with Gasteiger partial charge in [-0.1, -0.05) is 38.8 Å². The van der Waals surface area contributed by atoms with Crippen LogP contribution in [-0.2, 0) is 40.3 Å². The summed E-state index contributed by atoms with van der Waals surface area (Å²) in [5.41, 5.74) is 0.0317. The predicted octanol–water partition coefficient (Wildman–Crippen LogP) is 4.17. The molecule has 3 N–H and O–H groups in total. The van der Waals surface area contributed by atoms with Crippen molar-refractivity contribution in [3.63, 3.8) is 0 Å². The van der Waals surface area contributed by atoms with Crippen molar-refractivity contribution >= 4 is 44.7 Å². The number of nitrogens with zero attached hydrogens (tertiary/aromatic N) is 2. The molecule has 2 saturated carbocycles. The molecule has 4 aliphatic heterocycles. The molecule has 58 heavy (non-hydrogen) atoms. The molecule has 15 nitrogen and oxygen atoms in total. The van der Waals surface area contributed by atoms with E-state index < -0.39 is 67.7 Å². The third-order valence-electron chi connectivity index (χ3n) is 13.0. The summed E-state index contributed by atoms with van der Waals surface area (Å²) in [6.45, 7) is 6.90. The largest absolute Gasteiger partial charge is 0.497 e. The fourth-order valence-electron chi connectivity index (χ4n) is 8.81. The summed E-state index contributed by atoms with van der Waals surface area (Å²) in [4.78, 5) is 63.3. The second kappa shape index (κ2) is 15.3. The van der Waals surface area contributed by atoms with Crippen molar-refractivity contribution in [2.24, 2.45) is 11.8 Å². The summed E-state index contributed by atoms with van der Waals surface area (Å²) < 4.78 is 51.1. The molecule has 0 bridgehead atoms. The standard InChI is InChI=1S/C42H55N5O10S/c1-25(2)34-35-29(30-18-28(54-4)12-13-31(30)43-34)14-15-41(57-35)20-33-36(48)45-42(38(50)46-58(52,53)40(3)16-17-40)19-27(42)10-8-6-5-7-9-11-32(37(49)47(33)24-41)44-39(51)56-23-26-21-55-22-26/h8,10,12-13,18,25-27,32-33H,5-7,9,11,14-17,19-24H2,1-4H3,(H,44,51)(H,45,48)(H,46,50)/b10-8-/t27?,32-,33-,41+,42+/m0/s1. The molecule has 314 valence electrons. The van der Waals surface area contributed by atoms with Crippen molar-refractivity contribution in [2.75, 3.05) is 33.5 Å². The molecule has 6 aliphatic rings. The van der Waals surface area contributed by atoms with Gasteiger partial charge in [-0.15, -0.1) is 0 Å². The lowest BCUT2D eigenvalue weighted by Crippen LogP contribution is -2.58. The minimum Gasteiger partial charge on any atom is -0.497 e. The number of carbonyl (C=O) groups is 4. The summed E-state index contributed by atoms with van der Waals surface area (Å²) in [7, 11) is -2.38. The van der Waals surface area contributed by atoms with Crippen molar-refractivity contribution in [3.05, 3.63) is 41.6 Å². The van der Waals surface area contributed by atoms with Gasteiger partial charge in [-0.05, 0) is 82.4 Å². The molecule has 5 heterocycles. The van der Waals surface area contributed by atoms with Crippen LogP contribution >= 0.6 is 0 Å². The molecule has 0 radical (unpaired) electrons. The first-order valence-electron chi connectivity index (χ1n) is 20.7. The lowest BCUT2D eigenvalue weighted by atomic mass is 9.86. The fraction of sp³-hybridized carbons (Fsp3) is 0.643. The van der Waals surface area contributed by atoms with Gasteiger partial charge in [0.05, 0.1) is 42.8 Å². The Bertz CT molecular complexity index is 2130. The number of ether oxygens (including phenoxy) is 4. The third-order valence-corrected chi connectivity index (χ3v) is 15.2. The lowest BCUT2D eigenvalue weighted by molar-refractivity contribution is -0.141. The molecular formula is C42H55N5O10S. The van der Waals surface area contributed by atoms with Crippen LogP contribution in [0.4, 0.5) is 4.79 Å². The molecule has 4 fully saturated rings.